The van der Waals surface area contributed by atoms with Gasteiger partial charge >= 0.3 is 0 Å². The van der Waals surface area contributed by atoms with Gasteiger partial charge in [0.15, 0.2) is 5.82 Å². The van der Waals surface area contributed by atoms with Gasteiger partial charge in [-0.25, -0.2) is 19.9 Å². The fourth-order valence-electron chi connectivity index (χ4n) is 6.50. The number of aromatic nitrogens is 4. The first-order valence-corrected chi connectivity index (χ1v) is 16.7. The molecule has 0 bridgehead atoms. The van der Waals surface area contributed by atoms with Crippen LogP contribution in [0, 0.1) is 6.92 Å². The molecule has 3 aromatic heterocycles. The van der Waals surface area contributed by atoms with E-state index in [4.69, 9.17) is 14.4 Å². The van der Waals surface area contributed by atoms with Crippen LogP contribution >= 0.6 is 0 Å². The van der Waals surface area contributed by atoms with Crippen LogP contribution in [-0.2, 0) is 0 Å². The largest absolute Gasteiger partial charge is 0.418 e. The SMILES string of the molecule is Cc1ccc2cccc(-c3ccc(-c4nc(-c5ccc(C6=CC=CNC6)cc5)cc(-c5ccc(-c6nc7cccnc7o6)cc5)n4)cc3)c2c1. The highest BCUT2D eigenvalue weighted by Crippen LogP contribution is 2.33. The van der Waals surface area contributed by atoms with Crippen LogP contribution in [-0.4, -0.2) is 26.5 Å². The predicted molar refractivity (Wildman–Crippen MR) is 202 cm³/mol. The van der Waals surface area contributed by atoms with Gasteiger partial charge in [-0.3, -0.25) is 0 Å². The molecule has 6 heteroatoms. The Morgan fingerprint density at radius 3 is 2.04 bits per heavy atom. The molecule has 0 aliphatic carbocycles. The normalized spacial score (nSPS) is 12.6. The zero-order valence-electron chi connectivity index (χ0n) is 27.3. The quantitative estimate of drug-likeness (QED) is 0.194. The zero-order valence-corrected chi connectivity index (χ0v) is 27.3. The summed E-state index contributed by atoms with van der Waals surface area (Å²) in [6.45, 7) is 2.94. The summed E-state index contributed by atoms with van der Waals surface area (Å²) >= 11 is 0. The van der Waals surface area contributed by atoms with Crippen LogP contribution in [0.15, 0.2) is 156 Å². The molecule has 238 valence electrons. The third kappa shape index (κ3) is 5.63. The molecule has 0 atom stereocenters. The van der Waals surface area contributed by atoms with Crippen molar-refractivity contribution in [2.45, 2.75) is 6.92 Å². The third-order valence-electron chi connectivity index (χ3n) is 9.17. The van der Waals surface area contributed by atoms with Crippen molar-refractivity contribution in [3.05, 3.63) is 163 Å². The number of pyridine rings is 1. The molecule has 50 heavy (non-hydrogen) atoms. The highest BCUT2D eigenvalue weighted by atomic mass is 16.4. The smallest absolute Gasteiger partial charge is 0.247 e. The molecule has 0 amide bonds. The predicted octanol–water partition coefficient (Wildman–Crippen LogP) is 10.3. The minimum Gasteiger partial charge on any atom is -0.418 e. The van der Waals surface area contributed by atoms with Crippen LogP contribution in [0.4, 0.5) is 0 Å². The van der Waals surface area contributed by atoms with Crippen LogP contribution in [0.5, 0.6) is 0 Å². The van der Waals surface area contributed by atoms with Crippen molar-refractivity contribution in [3.8, 4) is 56.5 Å². The minimum atomic E-state index is 0.525. The lowest BCUT2D eigenvalue weighted by molar-refractivity contribution is 0.608. The van der Waals surface area contributed by atoms with Crippen molar-refractivity contribution in [3.63, 3.8) is 0 Å². The molecule has 4 heterocycles. The van der Waals surface area contributed by atoms with E-state index >= 15 is 0 Å². The standard InChI is InChI=1S/C44H31N5O/c1-28-9-10-30-5-2-7-37(38(30)25-28)31-13-19-34(20-14-31)42-47-40(32-15-11-29(12-16-32)36-6-3-23-45-27-36)26-41(48-42)33-17-21-35(22-18-33)43-49-39-8-4-24-46-44(39)50-43/h2-26,45H,27H2,1H3. The Morgan fingerprint density at radius 2 is 1.32 bits per heavy atom. The van der Waals surface area contributed by atoms with E-state index in [-0.39, 0.29) is 0 Å². The van der Waals surface area contributed by atoms with Gasteiger partial charge in [0.2, 0.25) is 11.6 Å². The summed E-state index contributed by atoms with van der Waals surface area (Å²) in [5, 5.41) is 5.77. The molecule has 8 aromatic rings. The van der Waals surface area contributed by atoms with E-state index in [1.807, 2.05) is 36.5 Å². The van der Waals surface area contributed by atoms with Gasteiger partial charge in [-0.05, 0) is 82.6 Å². The van der Waals surface area contributed by atoms with Crippen molar-refractivity contribution >= 4 is 27.6 Å². The van der Waals surface area contributed by atoms with E-state index in [0.29, 0.717) is 17.4 Å². The monoisotopic (exact) mass is 645 g/mol. The lowest BCUT2D eigenvalue weighted by Crippen LogP contribution is -2.11. The highest BCUT2D eigenvalue weighted by molar-refractivity contribution is 5.97. The minimum absolute atomic E-state index is 0.525. The van der Waals surface area contributed by atoms with Gasteiger partial charge in [-0.2, -0.15) is 0 Å². The van der Waals surface area contributed by atoms with Crippen LogP contribution in [0.2, 0.25) is 0 Å². The fraction of sp³-hybridized carbons (Fsp3) is 0.0455. The summed E-state index contributed by atoms with van der Waals surface area (Å²) < 4.78 is 5.92. The van der Waals surface area contributed by atoms with Crippen molar-refractivity contribution in [2.24, 2.45) is 0 Å². The molecular weight excluding hydrogens is 615 g/mol. The van der Waals surface area contributed by atoms with Gasteiger partial charge in [-0.15, -0.1) is 0 Å². The second kappa shape index (κ2) is 12.4. The number of fused-ring (bicyclic) bond motifs is 2. The number of oxazole rings is 1. The number of allylic oxidation sites excluding steroid dienone is 2. The van der Waals surface area contributed by atoms with E-state index in [0.717, 1.165) is 51.3 Å². The van der Waals surface area contributed by atoms with Crippen molar-refractivity contribution in [1.82, 2.24) is 25.3 Å². The first kappa shape index (κ1) is 29.5. The third-order valence-corrected chi connectivity index (χ3v) is 9.17. The van der Waals surface area contributed by atoms with Gasteiger partial charge in [-0.1, -0.05) is 109 Å². The number of aryl methyl sites for hydroxylation is 1. The summed E-state index contributed by atoms with van der Waals surface area (Å²) in [6.07, 6.45) is 7.86. The lowest BCUT2D eigenvalue weighted by atomic mass is 9.96. The number of dihydropyridines is 1. The Balaban J connectivity index is 1.10. The maximum absolute atomic E-state index is 5.92. The number of rotatable bonds is 6. The second-order valence-electron chi connectivity index (χ2n) is 12.5. The van der Waals surface area contributed by atoms with E-state index < -0.39 is 0 Å². The molecule has 1 N–H and O–H groups in total. The molecule has 1 aliphatic heterocycles. The molecule has 0 radical (unpaired) electrons. The second-order valence-corrected chi connectivity index (χ2v) is 12.5. The van der Waals surface area contributed by atoms with Gasteiger partial charge in [0.1, 0.15) is 5.52 Å². The Labute approximate surface area is 289 Å². The summed E-state index contributed by atoms with van der Waals surface area (Å²) in [7, 11) is 0. The molecular formula is C44H31N5O. The van der Waals surface area contributed by atoms with Crippen LogP contribution < -0.4 is 5.32 Å². The topological polar surface area (TPSA) is 76.7 Å². The molecule has 5 aromatic carbocycles. The molecule has 0 fully saturated rings. The molecule has 9 rings (SSSR count). The summed E-state index contributed by atoms with van der Waals surface area (Å²) in [6, 6.07) is 44.2. The number of hydrogen-bond donors (Lipinski definition) is 1. The summed E-state index contributed by atoms with van der Waals surface area (Å²) in [5.74, 6) is 1.20. The Morgan fingerprint density at radius 1 is 0.620 bits per heavy atom. The van der Waals surface area contributed by atoms with Crippen molar-refractivity contribution < 1.29 is 4.42 Å². The first-order valence-electron chi connectivity index (χ1n) is 16.7. The first-order chi connectivity index (χ1) is 24.6. The van der Waals surface area contributed by atoms with E-state index in [9.17, 15) is 0 Å². The van der Waals surface area contributed by atoms with Crippen molar-refractivity contribution in [1.29, 1.82) is 0 Å². The number of nitrogens with zero attached hydrogens (tertiary/aromatic N) is 4. The Hall–Kier alpha value is -6.66. The molecule has 6 nitrogen and oxygen atoms in total. The van der Waals surface area contributed by atoms with E-state index in [2.05, 4.69) is 131 Å². The Kier molecular flexibility index (Phi) is 7.32. The highest BCUT2D eigenvalue weighted by Gasteiger charge is 2.14. The lowest BCUT2D eigenvalue weighted by Gasteiger charge is -2.13. The number of hydrogen-bond acceptors (Lipinski definition) is 6. The molecule has 0 spiro atoms. The van der Waals surface area contributed by atoms with Gasteiger partial charge in [0.25, 0.3) is 0 Å². The zero-order chi connectivity index (χ0) is 33.4. The number of benzene rings is 5. The van der Waals surface area contributed by atoms with Gasteiger partial charge in [0, 0.05) is 35.0 Å². The van der Waals surface area contributed by atoms with Crippen LogP contribution in [0.3, 0.4) is 0 Å². The Bertz CT molecular complexity index is 2550. The maximum atomic E-state index is 5.92. The summed E-state index contributed by atoms with van der Waals surface area (Å²) in [4.78, 5) is 19.1. The van der Waals surface area contributed by atoms with Crippen LogP contribution in [0.25, 0.3) is 84.1 Å². The summed E-state index contributed by atoms with van der Waals surface area (Å²) in [5.41, 5.74) is 12.8. The maximum Gasteiger partial charge on any atom is 0.247 e. The molecule has 0 saturated carbocycles. The van der Waals surface area contributed by atoms with Gasteiger partial charge < -0.3 is 9.73 Å². The number of nitrogens with one attached hydrogen (secondary N) is 1. The molecule has 0 saturated heterocycles. The van der Waals surface area contributed by atoms with E-state index in [1.165, 1.54) is 33.0 Å². The average molecular weight is 646 g/mol. The fourth-order valence-corrected chi connectivity index (χ4v) is 6.50. The molecule has 0 unspecified atom stereocenters. The average Bonchev–Trinajstić information content (AvgIpc) is 3.63. The van der Waals surface area contributed by atoms with Crippen LogP contribution in [0.1, 0.15) is 11.1 Å². The van der Waals surface area contributed by atoms with Crippen molar-refractivity contribution in [2.75, 3.05) is 6.54 Å². The van der Waals surface area contributed by atoms with E-state index in [1.54, 1.807) is 6.20 Å². The van der Waals surface area contributed by atoms with Gasteiger partial charge in [0.05, 0.1) is 11.4 Å². The molecule has 1 aliphatic rings.